The summed E-state index contributed by atoms with van der Waals surface area (Å²) in [5.41, 5.74) is 0.708. The molecule has 7 nitrogen and oxygen atoms in total. The van der Waals surface area contributed by atoms with E-state index in [9.17, 15) is 19.1 Å². The summed E-state index contributed by atoms with van der Waals surface area (Å²) in [5, 5.41) is 11.3. The van der Waals surface area contributed by atoms with E-state index in [1.807, 2.05) is 4.57 Å². The van der Waals surface area contributed by atoms with Crippen molar-refractivity contribution in [1.29, 1.82) is 0 Å². The molecule has 1 aliphatic heterocycles. The molecule has 1 atom stereocenters. The lowest BCUT2D eigenvalue weighted by molar-refractivity contribution is -0.139. The van der Waals surface area contributed by atoms with Crippen LogP contribution >= 0.6 is 11.6 Å². The molecule has 0 aliphatic carbocycles. The molecule has 1 aromatic heterocycles. The standard InChI is InChI=1S/C24H21ClFN3O4/c1-33-19-8-5-16(13-18(19)25)22(30)20-21(15-3-6-17(26)7-4-15)29(24(32)23(20)31)11-2-10-28-12-9-27-14-28/h3-9,12-14,21,30H,2,10-11H2,1H3/b22-20-. The largest absolute Gasteiger partial charge is 0.507 e. The van der Waals surface area contributed by atoms with Gasteiger partial charge in [0.2, 0.25) is 0 Å². The Kier molecular flexibility index (Phi) is 6.46. The average Bonchev–Trinajstić information content (AvgIpc) is 3.41. The molecule has 1 amide bonds. The number of likely N-dealkylation sites (tertiary alicyclic amines) is 1. The van der Waals surface area contributed by atoms with Gasteiger partial charge in [0.15, 0.2) is 0 Å². The number of benzene rings is 2. The number of carbonyl (C=O) groups excluding carboxylic acids is 2. The fourth-order valence-corrected chi connectivity index (χ4v) is 4.17. The molecule has 1 fully saturated rings. The van der Waals surface area contributed by atoms with E-state index in [4.69, 9.17) is 16.3 Å². The molecule has 0 bridgehead atoms. The highest BCUT2D eigenvalue weighted by atomic mass is 35.5. The van der Waals surface area contributed by atoms with Crippen molar-refractivity contribution < 1.29 is 23.8 Å². The lowest BCUT2D eigenvalue weighted by Gasteiger charge is -2.25. The van der Waals surface area contributed by atoms with Crippen LogP contribution in [-0.2, 0) is 16.1 Å². The molecule has 0 spiro atoms. The summed E-state index contributed by atoms with van der Waals surface area (Å²) in [7, 11) is 1.46. The van der Waals surface area contributed by atoms with Gasteiger partial charge in [-0.2, -0.15) is 0 Å². The minimum atomic E-state index is -0.866. The van der Waals surface area contributed by atoms with Gasteiger partial charge in [0.05, 0.1) is 30.1 Å². The van der Waals surface area contributed by atoms with Gasteiger partial charge in [-0.1, -0.05) is 23.7 Å². The Morgan fingerprint density at radius 2 is 1.94 bits per heavy atom. The number of hydrogen-bond donors (Lipinski definition) is 1. The van der Waals surface area contributed by atoms with Crippen molar-refractivity contribution in [2.24, 2.45) is 0 Å². The SMILES string of the molecule is COc1ccc(/C(O)=C2/C(=O)C(=O)N(CCCn3ccnc3)C2c2ccc(F)cc2)cc1Cl. The molecule has 1 N–H and O–H groups in total. The molecule has 2 aromatic carbocycles. The van der Waals surface area contributed by atoms with Gasteiger partial charge in [-0.25, -0.2) is 9.37 Å². The third-order valence-electron chi connectivity index (χ3n) is 5.53. The number of ketones is 1. The Morgan fingerprint density at radius 3 is 2.58 bits per heavy atom. The predicted octanol–water partition coefficient (Wildman–Crippen LogP) is 4.20. The van der Waals surface area contributed by atoms with E-state index < -0.39 is 23.5 Å². The summed E-state index contributed by atoms with van der Waals surface area (Å²) in [6.07, 6.45) is 5.68. The van der Waals surface area contributed by atoms with Crippen LogP contribution in [0.25, 0.3) is 5.76 Å². The van der Waals surface area contributed by atoms with Crippen LogP contribution in [0.1, 0.15) is 23.6 Å². The van der Waals surface area contributed by atoms with Crippen molar-refractivity contribution >= 4 is 29.1 Å². The topological polar surface area (TPSA) is 84.7 Å². The Hall–Kier alpha value is -3.65. The van der Waals surface area contributed by atoms with Crippen LogP contribution in [-0.4, -0.2) is 44.9 Å². The maximum atomic E-state index is 13.6. The third-order valence-corrected chi connectivity index (χ3v) is 5.82. The van der Waals surface area contributed by atoms with Gasteiger partial charge in [-0.3, -0.25) is 9.59 Å². The quantitative estimate of drug-likeness (QED) is 0.318. The number of hydrogen-bond acceptors (Lipinski definition) is 5. The van der Waals surface area contributed by atoms with Gasteiger partial charge in [-0.05, 0) is 42.3 Å². The van der Waals surface area contributed by atoms with E-state index in [2.05, 4.69) is 4.98 Å². The highest BCUT2D eigenvalue weighted by Gasteiger charge is 2.45. The van der Waals surface area contributed by atoms with Crippen LogP contribution in [0.4, 0.5) is 4.39 Å². The average molecular weight is 470 g/mol. The van der Waals surface area contributed by atoms with Gasteiger partial charge in [0.1, 0.15) is 17.3 Å². The normalized spacial score (nSPS) is 17.5. The van der Waals surface area contributed by atoms with Gasteiger partial charge in [-0.15, -0.1) is 0 Å². The zero-order chi connectivity index (χ0) is 23.5. The first-order valence-corrected chi connectivity index (χ1v) is 10.6. The molecule has 1 aliphatic rings. The van der Waals surface area contributed by atoms with Crippen molar-refractivity contribution in [2.45, 2.75) is 19.0 Å². The van der Waals surface area contributed by atoms with E-state index in [-0.39, 0.29) is 28.5 Å². The van der Waals surface area contributed by atoms with Crippen molar-refractivity contribution in [3.05, 3.63) is 88.7 Å². The molecule has 3 aromatic rings. The third kappa shape index (κ3) is 4.47. The van der Waals surface area contributed by atoms with Crippen LogP contribution in [0.5, 0.6) is 5.75 Å². The number of rotatable bonds is 7. The zero-order valence-electron chi connectivity index (χ0n) is 17.7. The zero-order valence-corrected chi connectivity index (χ0v) is 18.5. The van der Waals surface area contributed by atoms with Crippen LogP contribution < -0.4 is 4.74 Å². The second-order valence-electron chi connectivity index (χ2n) is 7.55. The first-order valence-electron chi connectivity index (χ1n) is 10.2. The predicted molar refractivity (Wildman–Crippen MR) is 120 cm³/mol. The molecular weight excluding hydrogens is 449 g/mol. The van der Waals surface area contributed by atoms with E-state index in [0.717, 1.165) is 0 Å². The van der Waals surface area contributed by atoms with Crippen molar-refractivity contribution in [3.63, 3.8) is 0 Å². The van der Waals surface area contributed by atoms with Gasteiger partial charge in [0, 0.05) is 31.0 Å². The minimum absolute atomic E-state index is 0.0736. The van der Waals surface area contributed by atoms with Crippen LogP contribution in [0.2, 0.25) is 5.02 Å². The first kappa shape index (κ1) is 22.5. The molecular formula is C24H21ClFN3O4. The molecule has 0 radical (unpaired) electrons. The monoisotopic (exact) mass is 469 g/mol. The number of aliphatic hydroxyl groups is 1. The number of nitrogens with zero attached hydrogens (tertiary/aromatic N) is 3. The molecule has 9 heteroatoms. The van der Waals surface area contributed by atoms with E-state index in [1.165, 1.54) is 42.3 Å². The number of ether oxygens (including phenoxy) is 1. The minimum Gasteiger partial charge on any atom is -0.507 e. The lowest BCUT2D eigenvalue weighted by atomic mass is 9.95. The first-order chi connectivity index (χ1) is 15.9. The number of imidazole rings is 1. The molecule has 2 heterocycles. The van der Waals surface area contributed by atoms with Crippen LogP contribution in [0.15, 0.2) is 66.8 Å². The van der Waals surface area contributed by atoms with Crippen molar-refractivity contribution in [2.75, 3.05) is 13.7 Å². The molecule has 0 saturated carbocycles. The maximum Gasteiger partial charge on any atom is 0.295 e. The Balaban J connectivity index is 1.74. The number of Topliss-reactive ketones (excluding diaryl/α,β-unsaturated/α-hetero) is 1. The summed E-state index contributed by atoms with van der Waals surface area (Å²) >= 11 is 6.19. The number of aromatic nitrogens is 2. The van der Waals surface area contributed by atoms with Gasteiger partial charge >= 0.3 is 0 Å². The van der Waals surface area contributed by atoms with E-state index >= 15 is 0 Å². The molecule has 170 valence electrons. The Bertz CT molecular complexity index is 1210. The Morgan fingerprint density at radius 1 is 1.18 bits per heavy atom. The summed E-state index contributed by atoms with van der Waals surface area (Å²) in [6, 6.07) is 9.22. The highest BCUT2D eigenvalue weighted by molar-refractivity contribution is 6.46. The smallest absolute Gasteiger partial charge is 0.295 e. The number of methoxy groups -OCH3 is 1. The van der Waals surface area contributed by atoms with E-state index in [1.54, 1.807) is 30.9 Å². The fourth-order valence-electron chi connectivity index (χ4n) is 3.91. The molecule has 4 rings (SSSR count). The number of carbonyl (C=O) groups is 2. The van der Waals surface area contributed by atoms with Gasteiger partial charge in [0.25, 0.3) is 11.7 Å². The molecule has 1 unspecified atom stereocenters. The lowest BCUT2D eigenvalue weighted by Crippen LogP contribution is -2.31. The van der Waals surface area contributed by atoms with Crippen LogP contribution in [0.3, 0.4) is 0 Å². The number of amides is 1. The number of halogens is 2. The fraction of sp³-hybridized carbons (Fsp3) is 0.208. The summed E-state index contributed by atoms with van der Waals surface area (Å²) in [6.45, 7) is 0.845. The highest BCUT2D eigenvalue weighted by Crippen LogP contribution is 2.40. The summed E-state index contributed by atoms with van der Waals surface area (Å²) in [4.78, 5) is 31.4. The molecule has 33 heavy (non-hydrogen) atoms. The second kappa shape index (κ2) is 9.46. The number of aliphatic hydroxyl groups excluding tert-OH is 1. The maximum absolute atomic E-state index is 13.6. The van der Waals surface area contributed by atoms with Crippen molar-refractivity contribution in [3.8, 4) is 5.75 Å². The van der Waals surface area contributed by atoms with E-state index in [0.29, 0.717) is 24.3 Å². The van der Waals surface area contributed by atoms with Crippen molar-refractivity contribution in [1.82, 2.24) is 14.5 Å². The second-order valence-corrected chi connectivity index (χ2v) is 7.95. The number of aryl methyl sites for hydroxylation is 1. The Labute approximate surface area is 194 Å². The summed E-state index contributed by atoms with van der Waals surface area (Å²) < 4.78 is 20.6. The van der Waals surface area contributed by atoms with Crippen LogP contribution in [0, 0.1) is 5.82 Å². The molecule has 1 saturated heterocycles. The van der Waals surface area contributed by atoms with Gasteiger partial charge < -0.3 is 19.3 Å². The summed E-state index contributed by atoms with van der Waals surface area (Å²) in [5.74, 6) is -1.93.